The molecule has 1 fully saturated rings. The standard InChI is InChI=1S/C6H10O2/c1-2-3-8-6-4-7-5-6/h2-3,6H,4-5H2,1H3. The van der Waals surface area contributed by atoms with E-state index in [0.717, 1.165) is 13.2 Å². The minimum absolute atomic E-state index is 0.325. The van der Waals surface area contributed by atoms with Crippen LogP contribution in [0.5, 0.6) is 0 Å². The lowest BCUT2D eigenvalue weighted by Crippen LogP contribution is -2.34. The summed E-state index contributed by atoms with van der Waals surface area (Å²) in [5, 5.41) is 0. The predicted octanol–water partition coefficient (Wildman–Crippen LogP) is 0.935. The zero-order valence-electron chi connectivity index (χ0n) is 4.96. The molecule has 1 saturated heterocycles. The molecule has 1 heterocycles. The zero-order valence-corrected chi connectivity index (χ0v) is 4.96. The molecular formula is C6H10O2. The topological polar surface area (TPSA) is 18.5 Å². The van der Waals surface area contributed by atoms with Crippen LogP contribution in [0.15, 0.2) is 12.3 Å². The van der Waals surface area contributed by atoms with Crippen molar-refractivity contribution in [1.82, 2.24) is 0 Å². The third kappa shape index (κ3) is 1.23. The highest BCUT2D eigenvalue weighted by molar-refractivity contribution is 4.72. The third-order valence-electron chi connectivity index (χ3n) is 1.01. The first kappa shape index (κ1) is 5.63. The van der Waals surface area contributed by atoms with E-state index in [1.807, 2.05) is 13.0 Å². The van der Waals surface area contributed by atoms with Gasteiger partial charge in [-0.05, 0) is 6.92 Å². The van der Waals surface area contributed by atoms with E-state index in [4.69, 9.17) is 9.47 Å². The molecule has 0 aliphatic carbocycles. The lowest BCUT2D eigenvalue weighted by molar-refractivity contribution is -0.0994. The Bertz CT molecular complexity index is 84.5. The van der Waals surface area contributed by atoms with Gasteiger partial charge < -0.3 is 9.47 Å². The van der Waals surface area contributed by atoms with Crippen LogP contribution in [0.3, 0.4) is 0 Å². The SMILES string of the molecule is CC=COC1COC1. The van der Waals surface area contributed by atoms with Crippen molar-refractivity contribution >= 4 is 0 Å². The van der Waals surface area contributed by atoms with Gasteiger partial charge in [-0.2, -0.15) is 0 Å². The van der Waals surface area contributed by atoms with Crippen LogP contribution < -0.4 is 0 Å². The predicted molar refractivity (Wildman–Crippen MR) is 30.5 cm³/mol. The number of rotatable bonds is 2. The average Bonchev–Trinajstić information content (AvgIpc) is 1.63. The molecule has 1 rings (SSSR count). The second-order valence-electron chi connectivity index (χ2n) is 1.76. The first-order valence-electron chi connectivity index (χ1n) is 2.78. The third-order valence-corrected chi connectivity index (χ3v) is 1.01. The first-order valence-corrected chi connectivity index (χ1v) is 2.78. The van der Waals surface area contributed by atoms with E-state index >= 15 is 0 Å². The molecule has 1 aliphatic heterocycles. The number of ether oxygens (including phenoxy) is 2. The average molecular weight is 114 g/mol. The molecule has 0 saturated carbocycles. The molecule has 8 heavy (non-hydrogen) atoms. The fraction of sp³-hybridized carbons (Fsp3) is 0.667. The van der Waals surface area contributed by atoms with Gasteiger partial charge in [-0.3, -0.25) is 0 Å². The van der Waals surface area contributed by atoms with E-state index in [9.17, 15) is 0 Å². The first-order chi connectivity index (χ1) is 3.93. The van der Waals surface area contributed by atoms with Crippen LogP contribution in [0.4, 0.5) is 0 Å². The summed E-state index contributed by atoms with van der Waals surface area (Å²) in [6.45, 7) is 3.44. The van der Waals surface area contributed by atoms with Gasteiger partial charge in [-0.15, -0.1) is 0 Å². The van der Waals surface area contributed by atoms with Crippen LogP contribution in [0.25, 0.3) is 0 Å². The van der Waals surface area contributed by atoms with Crippen molar-refractivity contribution in [2.24, 2.45) is 0 Å². The summed E-state index contributed by atoms with van der Waals surface area (Å²) in [6.07, 6.45) is 3.90. The normalized spacial score (nSPS) is 21.1. The van der Waals surface area contributed by atoms with Crippen molar-refractivity contribution in [3.8, 4) is 0 Å². The van der Waals surface area contributed by atoms with Crippen LogP contribution in [-0.2, 0) is 9.47 Å². The van der Waals surface area contributed by atoms with Crippen molar-refractivity contribution in [2.75, 3.05) is 13.2 Å². The lowest BCUT2D eigenvalue weighted by Gasteiger charge is -2.24. The molecule has 0 bridgehead atoms. The summed E-state index contributed by atoms with van der Waals surface area (Å²) in [4.78, 5) is 0. The molecule has 0 amide bonds. The molecule has 0 N–H and O–H groups in total. The summed E-state index contributed by atoms with van der Waals surface area (Å²) in [6, 6.07) is 0. The Morgan fingerprint density at radius 3 is 2.75 bits per heavy atom. The smallest absolute Gasteiger partial charge is 0.144 e. The van der Waals surface area contributed by atoms with Crippen molar-refractivity contribution in [2.45, 2.75) is 13.0 Å². The maximum atomic E-state index is 5.12. The summed E-state index contributed by atoms with van der Waals surface area (Å²) < 4.78 is 9.99. The number of allylic oxidation sites excluding steroid dienone is 1. The molecule has 0 aromatic carbocycles. The molecule has 0 atom stereocenters. The maximum absolute atomic E-state index is 5.12. The van der Waals surface area contributed by atoms with Crippen molar-refractivity contribution in [3.63, 3.8) is 0 Å². The van der Waals surface area contributed by atoms with Gasteiger partial charge in [0, 0.05) is 0 Å². The Balaban J connectivity index is 2.01. The highest BCUT2D eigenvalue weighted by atomic mass is 16.6. The second-order valence-corrected chi connectivity index (χ2v) is 1.76. The van der Waals surface area contributed by atoms with Gasteiger partial charge in [0.2, 0.25) is 0 Å². The minimum Gasteiger partial charge on any atom is -0.494 e. The molecule has 2 heteroatoms. The van der Waals surface area contributed by atoms with E-state index in [-0.39, 0.29) is 0 Å². The molecule has 2 nitrogen and oxygen atoms in total. The lowest BCUT2D eigenvalue weighted by atomic mass is 10.3. The van der Waals surface area contributed by atoms with Crippen molar-refractivity contribution in [3.05, 3.63) is 12.3 Å². The summed E-state index contributed by atoms with van der Waals surface area (Å²) in [5.74, 6) is 0. The van der Waals surface area contributed by atoms with E-state index in [1.54, 1.807) is 6.26 Å². The quantitative estimate of drug-likeness (QED) is 0.497. The number of hydrogen-bond acceptors (Lipinski definition) is 2. The Morgan fingerprint density at radius 1 is 1.62 bits per heavy atom. The van der Waals surface area contributed by atoms with Gasteiger partial charge in [-0.25, -0.2) is 0 Å². The van der Waals surface area contributed by atoms with Crippen LogP contribution in [0.2, 0.25) is 0 Å². The highest BCUT2D eigenvalue weighted by Crippen LogP contribution is 2.04. The van der Waals surface area contributed by atoms with Gasteiger partial charge in [0.05, 0.1) is 19.5 Å². The van der Waals surface area contributed by atoms with E-state index in [0.29, 0.717) is 6.10 Å². The molecule has 1 aliphatic rings. The summed E-state index contributed by atoms with van der Waals surface area (Å²) in [5.41, 5.74) is 0. The summed E-state index contributed by atoms with van der Waals surface area (Å²) >= 11 is 0. The van der Waals surface area contributed by atoms with Crippen molar-refractivity contribution < 1.29 is 9.47 Å². The molecule has 0 radical (unpaired) electrons. The van der Waals surface area contributed by atoms with Crippen LogP contribution in [0.1, 0.15) is 6.92 Å². The van der Waals surface area contributed by atoms with Gasteiger partial charge in [0.1, 0.15) is 6.10 Å². The minimum atomic E-state index is 0.325. The molecule has 0 spiro atoms. The van der Waals surface area contributed by atoms with Gasteiger partial charge >= 0.3 is 0 Å². The summed E-state index contributed by atoms with van der Waals surface area (Å²) in [7, 11) is 0. The monoisotopic (exact) mass is 114 g/mol. The second kappa shape index (κ2) is 2.72. The Hall–Kier alpha value is -0.500. The van der Waals surface area contributed by atoms with E-state index in [2.05, 4.69) is 0 Å². The van der Waals surface area contributed by atoms with Gasteiger partial charge in [-0.1, -0.05) is 6.08 Å². The molecule has 0 aromatic rings. The van der Waals surface area contributed by atoms with Crippen molar-refractivity contribution in [1.29, 1.82) is 0 Å². The molecule has 0 aromatic heterocycles. The van der Waals surface area contributed by atoms with E-state index in [1.165, 1.54) is 0 Å². The maximum Gasteiger partial charge on any atom is 0.144 e. The zero-order chi connectivity index (χ0) is 5.82. The molecule has 0 unspecified atom stereocenters. The largest absolute Gasteiger partial charge is 0.494 e. The Morgan fingerprint density at radius 2 is 2.38 bits per heavy atom. The fourth-order valence-corrected chi connectivity index (χ4v) is 0.482. The highest BCUT2D eigenvalue weighted by Gasteiger charge is 2.17. The van der Waals surface area contributed by atoms with E-state index < -0.39 is 0 Å². The molecule has 46 valence electrons. The van der Waals surface area contributed by atoms with Gasteiger partial charge in [0.25, 0.3) is 0 Å². The number of hydrogen-bond donors (Lipinski definition) is 0. The Labute approximate surface area is 49.1 Å². The fourth-order valence-electron chi connectivity index (χ4n) is 0.482. The Kier molecular flexibility index (Phi) is 1.92. The van der Waals surface area contributed by atoms with Crippen LogP contribution in [-0.4, -0.2) is 19.3 Å². The molecular weight excluding hydrogens is 104 g/mol. The van der Waals surface area contributed by atoms with Crippen LogP contribution >= 0.6 is 0 Å². The van der Waals surface area contributed by atoms with Crippen LogP contribution in [0, 0.1) is 0 Å². The van der Waals surface area contributed by atoms with Gasteiger partial charge in [0.15, 0.2) is 0 Å².